The van der Waals surface area contributed by atoms with Crippen LogP contribution in [0.3, 0.4) is 0 Å². The summed E-state index contributed by atoms with van der Waals surface area (Å²) in [6.07, 6.45) is 0. The maximum Gasteiger partial charge on any atom is 0.252 e. The van der Waals surface area contributed by atoms with E-state index >= 15 is 0 Å². The van der Waals surface area contributed by atoms with Crippen LogP contribution in [0.4, 0.5) is 5.69 Å². The second-order valence-electron chi connectivity index (χ2n) is 7.43. The molecule has 2 heterocycles. The van der Waals surface area contributed by atoms with E-state index in [0.717, 1.165) is 21.9 Å². The molecule has 2 aromatic carbocycles. The van der Waals surface area contributed by atoms with Crippen LogP contribution in [0.2, 0.25) is 5.02 Å². The monoisotopic (exact) mass is 500 g/mol. The van der Waals surface area contributed by atoms with Crippen molar-refractivity contribution in [2.45, 2.75) is 10.8 Å². The van der Waals surface area contributed by atoms with E-state index in [9.17, 15) is 18.5 Å². The van der Waals surface area contributed by atoms with E-state index in [1.54, 1.807) is 42.5 Å². The molecule has 1 N–H and O–H groups in total. The number of nitrogens with zero attached hydrogens (tertiary/aromatic N) is 3. The van der Waals surface area contributed by atoms with Crippen molar-refractivity contribution in [1.82, 2.24) is 9.62 Å². The molecular weight excluding hydrogens is 480 g/mol. The van der Waals surface area contributed by atoms with Crippen molar-refractivity contribution < 1.29 is 13.2 Å². The molecule has 1 aliphatic heterocycles. The Morgan fingerprint density at radius 2 is 1.73 bits per heavy atom. The fraction of sp³-hybridized carbons (Fsp3) is 0.217. The van der Waals surface area contributed by atoms with Crippen molar-refractivity contribution in [3.8, 4) is 6.07 Å². The first-order chi connectivity index (χ1) is 15.9. The molecule has 0 radical (unpaired) electrons. The van der Waals surface area contributed by atoms with Crippen LogP contribution in [-0.4, -0.2) is 44.8 Å². The first-order valence-electron chi connectivity index (χ1n) is 10.3. The number of hydrogen-bond acceptors (Lipinski definition) is 6. The molecule has 0 unspecified atom stereocenters. The van der Waals surface area contributed by atoms with Crippen LogP contribution in [0.1, 0.15) is 20.8 Å². The van der Waals surface area contributed by atoms with Crippen LogP contribution < -0.4 is 10.2 Å². The van der Waals surface area contributed by atoms with E-state index in [0.29, 0.717) is 42.3 Å². The predicted molar refractivity (Wildman–Crippen MR) is 129 cm³/mol. The van der Waals surface area contributed by atoms with Gasteiger partial charge in [-0.1, -0.05) is 23.7 Å². The lowest BCUT2D eigenvalue weighted by Crippen LogP contribution is -2.48. The molecule has 10 heteroatoms. The maximum absolute atomic E-state index is 13.1. The van der Waals surface area contributed by atoms with Crippen molar-refractivity contribution >= 4 is 44.6 Å². The van der Waals surface area contributed by atoms with E-state index in [1.807, 2.05) is 23.1 Å². The SMILES string of the molecule is N#Cc1ccccc1N1CCN(S(=O)(=O)c2ccc(CNC(=O)c3ccc(Cl)cc3)s2)CC1. The maximum atomic E-state index is 13.1. The number of sulfonamides is 1. The number of carbonyl (C=O) groups excluding carboxylic acids is 1. The molecule has 0 bridgehead atoms. The van der Waals surface area contributed by atoms with Crippen LogP contribution in [-0.2, 0) is 16.6 Å². The lowest BCUT2D eigenvalue weighted by Gasteiger charge is -2.35. The highest BCUT2D eigenvalue weighted by atomic mass is 35.5. The number of amides is 1. The molecule has 170 valence electrons. The van der Waals surface area contributed by atoms with E-state index in [-0.39, 0.29) is 16.7 Å². The summed E-state index contributed by atoms with van der Waals surface area (Å²) in [6.45, 7) is 1.92. The molecule has 0 spiro atoms. The minimum absolute atomic E-state index is 0.236. The standard InChI is InChI=1S/C23H21ClN4O3S2/c24-19-7-5-17(6-8-19)23(29)26-16-20-9-10-22(32-20)33(30,31)28-13-11-27(12-14-28)21-4-2-1-3-18(21)15-25/h1-10H,11-14,16H2,(H,26,29). The predicted octanol–water partition coefficient (Wildman–Crippen LogP) is 3.71. The number of thiophene rings is 1. The van der Waals surface area contributed by atoms with Crippen LogP contribution in [0.15, 0.2) is 64.9 Å². The second kappa shape index (κ2) is 9.93. The summed E-state index contributed by atoms with van der Waals surface area (Å²) in [5.74, 6) is -0.252. The molecule has 0 saturated carbocycles. The highest BCUT2D eigenvalue weighted by Crippen LogP contribution is 2.27. The summed E-state index contributed by atoms with van der Waals surface area (Å²) in [6, 6.07) is 19.4. The molecule has 1 saturated heterocycles. The van der Waals surface area contributed by atoms with Gasteiger partial charge in [0.25, 0.3) is 15.9 Å². The van der Waals surface area contributed by atoms with Crippen molar-refractivity contribution in [3.05, 3.63) is 81.7 Å². The third-order valence-electron chi connectivity index (χ3n) is 5.36. The van der Waals surface area contributed by atoms with E-state index in [4.69, 9.17) is 11.6 Å². The Morgan fingerprint density at radius 3 is 2.42 bits per heavy atom. The zero-order valence-corrected chi connectivity index (χ0v) is 20.0. The first kappa shape index (κ1) is 23.3. The lowest BCUT2D eigenvalue weighted by atomic mass is 10.1. The van der Waals surface area contributed by atoms with Crippen molar-refractivity contribution in [2.75, 3.05) is 31.1 Å². The van der Waals surface area contributed by atoms with Crippen LogP contribution in [0.5, 0.6) is 0 Å². The average Bonchev–Trinajstić information content (AvgIpc) is 3.33. The zero-order chi connectivity index (χ0) is 23.4. The number of hydrogen-bond donors (Lipinski definition) is 1. The topological polar surface area (TPSA) is 93.5 Å². The van der Waals surface area contributed by atoms with Gasteiger partial charge in [0.2, 0.25) is 0 Å². The summed E-state index contributed by atoms with van der Waals surface area (Å²) in [5, 5.41) is 12.7. The normalized spacial score (nSPS) is 14.6. The highest BCUT2D eigenvalue weighted by molar-refractivity contribution is 7.91. The Kier molecular flexibility index (Phi) is 7.00. The Morgan fingerprint density at radius 1 is 1.03 bits per heavy atom. The number of para-hydroxylation sites is 1. The van der Waals surface area contributed by atoms with E-state index < -0.39 is 10.0 Å². The van der Waals surface area contributed by atoms with Gasteiger partial charge in [0.1, 0.15) is 10.3 Å². The molecule has 1 amide bonds. The number of nitriles is 1. The Labute approximate surface area is 201 Å². The summed E-state index contributed by atoms with van der Waals surface area (Å²) in [5.41, 5.74) is 1.89. The van der Waals surface area contributed by atoms with Gasteiger partial charge in [0.05, 0.1) is 17.8 Å². The summed E-state index contributed by atoms with van der Waals surface area (Å²) in [4.78, 5) is 15.1. The quantitative estimate of drug-likeness (QED) is 0.556. The average molecular weight is 501 g/mol. The minimum Gasteiger partial charge on any atom is -0.368 e. The van der Waals surface area contributed by atoms with E-state index in [1.165, 1.54) is 4.31 Å². The van der Waals surface area contributed by atoms with Crippen LogP contribution in [0, 0.1) is 11.3 Å². The van der Waals surface area contributed by atoms with Gasteiger partial charge in [0.15, 0.2) is 0 Å². The molecule has 0 aliphatic carbocycles. The second-order valence-corrected chi connectivity index (χ2v) is 11.2. The van der Waals surface area contributed by atoms with Gasteiger partial charge < -0.3 is 10.2 Å². The van der Waals surface area contributed by atoms with Gasteiger partial charge >= 0.3 is 0 Å². The van der Waals surface area contributed by atoms with Gasteiger partial charge in [0, 0.05) is 41.6 Å². The number of halogens is 1. The Balaban J connectivity index is 1.37. The number of benzene rings is 2. The molecule has 0 atom stereocenters. The lowest BCUT2D eigenvalue weighted by molar-refractivity contribution is 0.0951. The summed E-state index contributed by atoms with van der Waals surface area (Å²) in [7, 11) is -3.63. The third kappa shape index (κ3) is 5.20. The number of piperazine rings is 1. The molecule has 33 heavy (non-hydrogen) atoms. The third-order valence-corrected chi connectivity index (χ3v) is 9.07. The Bertz CT molecular complexity index is 1290. The highest BCUT2D eigenvalue weighted by Gasteiger charge is 2.30. The number of carbonyl (C=O) groups is 1. The fourth-order valence-corrected chi connectivity index (χ4v) is 6.60. The van der Waals surface area contributed by atoms with Crippen LogP contribution >= 0.6 is 22.9 Å². The smallest absolute Gasteiger partial charge is 0.252 e. The number of anilines is 1. The zero-order valence-electron chi connectivity index (χ0n) is 17.6. The van der Waals surface area contributed by atoms with Gasteiger partial charge in [-0.2, -0.15) is 9.57 Å². The van der Waals surface area contributed by atoms with Crippen LogP contribution in [0.25, 0.3) is 0 Å². The van der Waals surface area contributed by atoms with E-state index in [2.05, 4.69) is 11.4 Å². The molecule has 4 rings (SSSR count). The number of rotatable bonds is 6. The van der Waals surface area contributed by atoms with Gasteiger partial charge in [-0.05, 0) is 48.5 Å². The molecule has 1 aromatic heterocycles. The molecule has 1 aliphatic rings. The molecular formula is C23H21ClN4O3S2. The van der Waals surface area contributed by atoms with Crippen molar-refractivity contribution in [3.63, 3.8) is 0 Å². The minimum atomic E-state index is -3.63. The molecule has 1 fully saturated rings. The summed E-state index contributed by atoms with van der Waals surface area (Å²) >= 11 is 7.00. The molecule has 3 aromatic rings. The van der Waals surface area contributed by atoms with Crippen molar-refractivity contribution in [1.29, 1.82) is 5.26 Å². The van der Waals surface area contributed by atoms with Gasteiger partial charge in [-0.3, -0.25) is 4.79 Å². The number of nitrogens with one attached hydrogen (secondary N) is 1. The fourth-order valence-electron chi connectivity index (χ4n) is 3.60. The van der Waals surface area contributed by atoms with Crippen molar-refractivity contribution in [2.24, 2.45) is 0 Å². The van der Waals surface area contributed by atoms with Gasteiger partial charge in [-0.15, -0.1) is 11.3 Å². The largest absolute Gasteiger partial charge is 0.368 e. The van der Waals surface area contributed by atoms with Gasteiger partial charge in [-0.25, -0.2) is 8.42 Å². The first-order valence-corrected chi connectivity index (χ1v) is 12.9. The molecule has 7 nitrogen and oxygen atoms in total. The Hall–Kier alpha value is -2.90. The summed E-state index contributed by atoms with van der Waals surface area (Å²) < 4.78 is 28.0.